The molecule has 0 fully saturated rings. The van der Waals surface area contributed by atoms with Crippen LogP contribution < -0.4 is 9.97 Å². The Labute approximate surface area is 191 Å². The van der Waals surface area contributed by atoms with Gasteiger partial charge in [-0.15, -0.1) is 22.8 Å². The molecule has 3 aromatic heterocycles. The zero-order valence-corrected chi connectivity index (χ0v) is 18.8. The summed E-state index contributed by atoms with van der Waals surface area (Å²) in [6.45, 7) is 1.55. The van der Waals surface area contributed by atoms with E-state index in [1.54, 1.807) is 0 Å². The molecule has 0 unspecified atom stereocenters. The number of aliphatic imine (C=N–C) groups is 2. The molecule has 0 atom stereocenters. The van der Waals surface area contributed by atoms with E-state index < -0.39 is 0 Å². The molecule has 1 aliphatic rings. The second kappa shape index (κ2) is 9.80. The topological polar surface area (TPSA) is 78.7 Å². The maximum Gasteiger partial charge on any atom is 0.0894 e. The smallest absolute Gasteiger partial charge is 0.0894 e. The maximum absolute atomic E-state index is 4.85. The van der Waals surface area contributed by atoms with Gasteiger partial charge in [-0.3, -0.25) is 9.98 Å². The van der Waals surface area contributed by atoms with Crippen molar-refractivity contribution in [3.05, 3.63) is 67.3 Å². The standard InChI is InChI=1S/C22H18N6.CH3.Au/c1-2-6-18-17(5-1)27-21-19-9-7-15(25-19)13-23-11-3-4-12-24-14-16-8-10-20(26-16)22(21)28-18;;/h1-2,5-10,13-14H,3-4,11-12H2;1H3;/q-2;-1;. The molecule has 5 rings (SSSR count). The predicted octanol–water partition coefficient (Wildman–Crippen LogP) is 3.96. The van der Waals surface area contributed by atoms with Crippen molar-refractivity contribution in [3.63, 3.8) is 0 Å². The molecule has 4 heterocycles. The summed E-state index contributed by atoms with van der Waals surface area (Å²) in [5.74, 6) is 0. The summed E-state index contributed by atoms with van der Waals surface area (Å²) >= 11 is 0. The van der Waals surface area contributed by atoms with Gasteiger partial charge in [0.1, 0.15) is 0 Å². The second-order valence-corrected chi connectivity index (χ2v) is 6.70. The van der Waals surface area contributed by atoms with Crippen molar-refractivity contribution in [2.75, 3.05) is 13.1 Å². The van der Waals surface area contributed by atoms with E-state index in [1.807, 2.05) is 61.0 Å². The van der Waals surface area contributed by atoms with Gasteiger partial charge in [0.2, 0.25) is 0 Å². The van der Waals surface area contributed by atoms with E-state index in [4.69, 9.17) is 19.9 Å². The fourth-order valence-electron chi connectivity index (χ4n) is 3.24. The fraction of sp³-hybridized carbons (Fsp3) is 0.174. The SMILES string of the molecule is C1=NCCCCN=Cc2ccc([n-]2)-c2nc3ccccc3nc2-c2ccc1[n-]2.[Au].[CH3-]. The number of fused-ring (bicyclic) bond motifs is 8. The first kappa shape index (κ1) is 21.9. The Morgan fingerprint density at radius 1 is 0.633 bits per heavy atom. The quantitative estimate of drug-likeness (QED) is 0.234. The van der Waals surface area contributed by atoms with Crippen molar-refractivity contribution >= 4 is 23.5 Å². The molecule has 0 saturated heterocycles. The van der Waals surface area contributed by atoms with Gasteiger partial charge < -0.3 is 17.4 Å². The summed E-state index contributed by atoms with van der Waals surface area (Å²) in [4.78, 5) is 28.1. The van der Waals surface area contributed by atoms with Crippen LogP contribution in [-0.2, 0) is 22.4 Å². The minimum atomic E-state index is 0. The van der Waals surface area contributed by atoms with Crippen LogP contribution >= 0.6 is 0 Å². The molecule has 1 aromatic carbocycles. The molecule has 4 bridgehead atoms. The Bertz CT molecular complexity index is 1090. The van der Waals surface area contributed by atoms with E-state index in [0.717, 1.165) is 71.1 Å². The van der Waals surface area contributed by atoms with E-state index in [0.29, 0.717) is 0 Å². The molecule has 157 valence electrons. The van der Waals surface area contributed by atoms with Gasteiger partial charge in [0.25, 0.3) is 0 Å². The fourth-order valence-corrected chi connectivity index (χ4v) is 3.24. The third-order valence-corrected chi connectivity index (χ3v) is 4.65. The van der Waals surface area contributed by atoms with Crippen LogP contribution in [0.15, 0.2) is 58.5 Å². The number of nitrogens with zero attached hydrogens (tertiary/aromatic N) is 6. The Balaban J connectivity index is 0.00000128. The van der Waals surface area contributed by atoms with Crippen LogP contribution in [0.1, 0.15) is 24.2 Å². The van der Waals surface area contributed by atoms with E-state index in [9.17, 15) is 0 Å². The van der Waals surface area contributed by atoms with Gasteiger partial charge in [0.05, 0.1) is 22.4 Å². The Kier molecular flexibility index (Phi) is 7.15. The molecule has 1 aliphatic heterocycles. The van der Waals surface area contributed by atoms with Crippen LogP contribution in [0, 0.1) is 7.43 Å². The van der Waals surface area contributed by atoms with Gasteiger partial charge in [-0.1, -0.05) is 36.4 Å². The average Bonchev–Trinajstić information content (AvgIpc) is 3.38. The number of hydrogen-bond donors (Lipinski definition) is 0. The first-order valence-electron chi connectivity index (χ1n) is 9.41. The van der Waals surface area contributed by atoms with E-state index in [1.165, 1.54) is 0 Å². The van der Waals surface area contributed by atoms with Crippen molar-refractivity contribution < 1.29 is 22.4 Å². The minimum Gasteiger partial charge on any atom is -0.655 e. The van der Waals surface area contributed by atoms with E-state index in [2.05, 4.69) is 9.98 Å². The summed E-state index contributed by atoms with van der Waals surface area (Å²) in [5.41, 5.74) is 6.35. The zero-order valence-electron chi connectivity index (χ0n) is 16.6. The second-order valence-electron chi connectivity index (χ2n) is 6.70. The molecule has 0 amide bonds. The van der Waals surface area contributed by atoms with Gasteiger partial charge in [0, 0.05) is 47.9 Å². The number of rotatable bonds is 0. The number of benzene rings is 1. The summed E-state index contributed by atoms with van der Waals surface area (Å²) in [5, 5.41) is 0. The molecule has 4 aromatic rings. The van der Waals surface area contributed by atoms with Crippen LogP contribution in [0.2, 0.25) is 0 Å². The van der Waals surface area contributed by atoms with E-state index >= 15 is 0 Å². The third kappa shape index (κ3) is 4.51. The maximum atomic E-state index is 4.85. The molecule has 1 radical (unpaired) electrons. The summed E-state index contributed by atoms with van der Waals surface area (Å²) in [6, 6.07) is 15.7. The average molecular weight is 578 g/mol. The van der Waals surface area contributed by atoms with Gasteiger partial charge in [-0.25, -0.2) is 9.97 Å². The van der Waals surface area contributed by atoms with E-state index in [-0.39, 0.29) is 29.8 Å². The zero-order chi connectivity index (χ0) is 18.8. The Morgan fingerprint density at radius 3 is 1.57 bits per heavy atom. The molecule has 0 N–H and O–H groups in total. The first-order valence-corrected chi connectivity index (χ1v) is 9.41. The van der Waals surface area contributed by atoms with Crippen LogP contribution in [0.3, 0.4) is 0 Å². The normalized spacial score (nSPS) is 13.3. The predicted molar refractivity (Wildman–Crippen MR) is 118 cm³/mol. The van der Waals surface area contributed by atoms with Crippen LogP contribution in [0.25, 0.3) is 33.8 Å². The molecule has 0 aliphatic carbocycles. The van der Waals surface area contributed by atoms with Crippen molar-refractivity contribution in [1.82, 2.24) is 19.9 Å². The van der Waals surface area contributed by atoms with Gasteiger partial charge in [0.15, 0.2) is 0 Å². The molecular formula is C23H21AuN6-3. The van der Waals surface area contributed by atoms with Crippen molar-refractivity contribution in [2.24, 2.45) is 9.98 Å². The van der Waals surface area contributed by atoms with Crippen molar-refractivity contribution in [1.29, 1.82) is 0 Å². The monoisotopic (exact) mass is 578 g/mol. The number of para-hydroxylation sites is 2. The van der Waals surface area contributed by atoms with Crippen molar-refractivity contribution in [3.8, 4) is 22.8 Å². The molecule has 7 heteroatoms. The Hall–Kier alpha value is -2.80. The third-order valence-electron chi connectivity index (χ3n) is 4.65. The summed E-state index contributed by atoms with van der Waals surface area (Å²) < 4.78 is 0. The molecule has 6 nitrogen and oxygen atoms in total. The summed E-state index contributed by atoms with van der Waals surface area (Å²) in [7, 11) is 0. The molecule has 0 saturated carbocycles. The van der Waals surface area contributed by atoms with Crippen LogP contribution in [0.5, 0.6) is 0 Å². The van der Waals surface area contributed by atoms with Gasteiger partial charge >= 0.3 is 0 Å². The molecular weight excluding hydrogens is 557 g/mol. The van der Waals surface area contributed by atoms with Crippen molar-refractivity contribution in [2.45, 2.75) is 12.8 Å². The summed E-state index contributed by atoms with van der Waals surface area (Å²) in [6.07, 6.45) is 5.65. The van der Waals surface area contributed by atoms with Crippen LogP contribution in [-0.4, -0.2) is 35.5 Å². The molecule has 30 heavy (non-hydrogen) atoms. The molecule has 0 spiro atoms. The minimum absolute atomic E-state index is 0. The largest absolute Gasteiger partial charge is 0.655 e. The number of hydrogen-bond acceptors (Lipinski definition) is 4. The van der Waals surface area contributed by atoms with Gasteiger partial charge in [-0.2, -0.15) is 0 Å². The first-order chi connectivity index (χ1) is 13.9. The number of aromatic nitrogens is 4. The van der Waals surface area contributed by atoms with Gasteiger partial charge in [-0.05, 0) is 25.0 Å². The Morgan fingerprint density at radius 2 is 1.10 bits per heavy atom. The van der Waals surface area contributed by atoms with Crippen LogP contribution in [0.4, 0.5) is 0 Å².